The van der Waals surface area contributed by atoms with Crippen molar-refractivity contribution in [1.82, 2.24) is 15.1 Å². The van der Waals surface area contributed by atoms with Crippen LogP contribution >= 0.6 is 0 Å². The Hall–Kier alpha value is -3.68. The minimum Gasteiger partial charge on any atom is -0.507 e. The highest BCUT2D eigenvalue weighted by Crippen LogP contribution is 2.38. The number of rotatable bonds is 6. The SMILES string of the molecule is CC(C)C(=O)Nc1ccc(-c2cc(C3CCCC3)n(C(=O)NCc3ccccc3F)n2)c(O)c1. The predicted molar refractivity (Wildman–Crippen MR) is 128 cm³/mol. The van der Waals surface area contributed by atoms with Crippen LogP contribution in [0.3, 0.4) is 0 Å². The Morgan fingerprint density at radius 1 is 1.15 bits per heavy atom. The summed E-state index contributed by atoms with van der Waals surface area (Å²) in [6.45, 7) is 3.62. The van der Waals surface area contributed by atoms with E-state index < -0.39 is 6.03 Å². The highest BCUT2D eigenvalue weighted by atomic mass is 19.1. The molecule has 0 radical (unpaired) electrons. The average Bonchev–Trinajstić information content (AvgIpc) is 3.48. The van der Waals surface area contributed by atoms with Crippen molar-refractivity contribution in [2.75, 3.05) is 5.32 Å². The molecule has 2 aromatic carbocycles. The van der Waals surface area contributed by atoms with Crippen molar-refractivity contribution in [2.45, 2.75) is 52.0 Å². The Labute approximate surface area is 198 Å². The second-order valence-corrected chi connectivity index (χ2v) is 8.97. The van der Waals surface area contributed by atoms with E-state index in [2.05, 4.69) is 15.7 Å². The highest BCUT2D eigenvalue weighted by Gasteiger charge is 2.26. The summed E-state index contributed by atoms with van der Waals surface area (Å²) < 4.78 is 15.3. The number of phenolic OH excluding ortho intramolecular Hbond substituents is 1. The molecule has 0 aliphatic heterocycles. The number of hydrogen-bond donors (Lipinski definition) is 3. The van der Waals surface area contributed by atoms with Gasteiger partial charge < -0.3 is 15.7 Å². The maximum Gasteiger partial charge on any atom is 0.342 e. The molecule has 4 rings (SSSR count). The molecule has 1 saturated carbocycles. The van der Waals surface area contributed by atoms with E-state index in [1.807, 2.05) is 6.07 Å². The molecule has 0 unspecified atom stereocenters. The quantitative estimate of drug-likeness (QED) is 0.455. The van der Waals surface area contributed by atoms with Crippen LogP contribution in [0.1, 0.15) is 56.7 Å². The Balaban J connectivity index is 1.60. The van der Waals surface area contributed by atoms with Crippen molar-refractivity contribution >= 4 is 17.6 Å². The highest BCUT2D eigenvalue weighted by molar-refractivity contribution is 5.92. The maximum absolute atomic E-state index is 14.0. The van der Waals surface area contributed by atoms with Crippen LogP contribution in [0, 0.1) is 11.7 Å². The summed E-state index contributed by atoms with van der Waals surface area (Å²) in [5.74, 6) is -0.571. The number of aromatic nitrogens is 2. The number of aromatic hydroxyl groups is 1. The molecule has 0 saturated heterocycles. The molecule has 8 heteroatoms. The molecule has 0 spiro atoms. The van der Waals surface area contributed by atoms with Gasteiger partial charge in [0.1, 0.15) is 11.6 Å². The largest absolute Gasteiger partial charge is 0.507 e. The van der Waals surface area contributed by atoms with Crippen LogP contribution in [0.5, 0.6) is 5.75 Å². The second kappa shape index (κ2) is 10.1. The molecule has 1 aromatic heterocycles. The lowest BCUT2D eigenvalue weighted by atomic mass is 10.0. The fourth-order valence-corrected chi connectivity index (χ4v) is 4.20. The molecule has 1 aliphatic carbocycles. The van der Waals surface area contributed by atoms with Crippen molar-refractivity contribution in [3.63, 3.8) is 0 Å². The Kier molecular flexibility index (Phi) is 6.95. The molecule has 3 aromatic rings. The van der Waals surface area contributed by atoms with Gasteiger partial charge in [0.05, 0.1) is 11.4 Å². The fraction of sp³-hybridized carbons (Fsp3) is 0.346. The van der Waals surface area contributed by atoms with Crippen LogP contribution in [0.25, 0.3) is 11.3 Å². The molecule has 7 nitrogen and oxygen atoms in total. The van der Waals surface area contributed by atoms with Gasteiger partial charge in [0.25, 0.3) is 0 Å². The van der Waals surface area contributed by atoms with Gasteiger partial charge in [0.2, 0.25) is 5.91 Å². The summed E-state index contributed by atoms with van der Waals surface area (Å²) in [6.07, 6.45) is 4.07. The minimum absolute atomic E-state index is 0.0420. The Bertz CT molecular complexity index is 1200. The molecule has 3 N–H and O–H groups in total. The molecular weight excluding hydrogens is 435 g/mol. The van der Waals surface area contributed by atoms with Crippen LogP contribution < -0.4 is 10.6 Å². The van der Waals surface area contributed by atoms with E-state index >= 15 is 0 Å². The molecule has 0 atom stereocenters. The number of carbonyl (C=O) groups excluding carboxylic acids is 2. The third-order valence-electron chi connectivity index (χ3n) is 6.16. The van der Waals surface area contributed by atoms with Gasteiger partial charge in [0.15, 0.2) is 0 Å². The van der Waals surface area contributed by atoms with Gasteiger partial charge in [-0.2, -0.15) is 9.78 Å². The fourth-order valence-electron chi connectivity index (χ4n) is 4.20. The van der Waals surface area contributed by atoms with Crippen molar-refractivity contribution in [1.29, 1.82) is 0 Å². The van der Waals surface area contributed by atoms with Crippen LogP contribution in [0.15, 0.2) is 48.5 Å². The van der Waals surface area contributed by atoms with Crippen LogP contribution in [0.4, 0.5) is 14.9 Å². The first-order chi connectivity index (χ1) is 16.3. The summed E-state index contributed by atoms with van der Waals surface area (Å²) in [6, 6.07) is 12.5. The number of hydrogen-bond acceptors (Lipinski definition) is 4. The van der Waals surface area contributed by atoms with E-state index in [0.29, 0.717) is 22.5 Å². The molecular formula is C26H29FN4O3. The van der Waals surface area contributed by atoms with Crippen molar-refractivity contribution < 1.29 is 19.1 Å². The van der Waals surface area contributed by atoms with E-state index in [-0.39, 0.29) is 35.9 Å². The topological polar surface area (TPSA) is 96.3 Å². The first-order valence-corrected chi connectivity index (χ1v) is 11.6. The second-order valence-electron chi connectivity index (χ2n) is 8.97. The lowest BCUT2D eigenvalue weighted by molar-refractivity contribution is -0.118. The first kappa shape index (κ1) is 23.5. The average molecular weight is 465 g/mol. The summed E-state index contributed by atoms with van der Waals surface area (Å²) in [7, 11) is 0. The monoisotopic (exact) mass is 464 g/mol. The standard InChI is InChI=1S/C26H29FN4O3/c1-16(2)25(33)29-19-11-12-20(24(32)13-19)22-14-23(17-7-3-4-8-17)31(30-22)26(34)28-15-18-9-5-6-10-21(18)27/h5-6,9-14,16-17,32H,3-4,7-8,15H2,1-2H3,(H,28,34)(H,29,33). The smallest absolute Gasteiger partial charge is 0.342 e. The van der Waals surface area contributed by atoms with E-state index in [1.165, 1.54) is 16.8 Å². The first-order valence-electron chi connectivity index (χ1n) is 11.6. The van der Waals surface area contributed by atoms with E-state index in [9.17, 15) is 19.1 Å². The third-order valence-corrected chi connectivity index (χ3v) is 6.16. The van der Waals surface area contributed by atoms with Gasteiger partial charge in [-0.3, -0.25) is 4.79 Å². The van der Waals surface area contributed by atoms with E-state index in [0.717, 1.165) is 31.4 Å². The van der Waals surface area contributed by atoms with Gasteiger partial charge in [-0.1, -0.05) is 44.9 Å². The van der Waals surface area contributed by atoms with Crippen molar-refractivity contribution in [2.24, 2.45) is 5.92 Å². The van der Waals surface area contributed by atoms with Crippen LogP contribution in [0.2, 0.25) is 0 Å². The molecule has 34 heavy (non-hydrogen) atoms. The number of amides is 2. The van der Waals surface area contributed by atoms with E-state index in [4.69, 9.17) is 0 Å². The number of phenols is 1. The van der Waals surface area contributed by atoms with Gasteiger partial charge >= 0.3 is 6.03 Å². The number of halogens is 1. The molecule has 0 bridgehead atoms. The zero-order valence-corrected chi connectivity index (χ0v) is 19.3. The number of carbonyl (C=O) groups is 2. The van der Waals surface area contributed by atoms with E-state index in [1.54, 1.807) is 44.2 Å². The molecule has 1 fully saturated rings. The summed E-state index contributed by atoms with van der Waals surface area (Å²) >= 11 is 0. The zero-order valence-electron chi connectivity index (χ0n) is 19.3. The third kappa shape index (κ3) is 5.11. The Morgan fingerprint density at radius 2 is 1.88 bits per heavy atom. The minimum atomic E-state index is -0.447. The number of nitrogens with zero attached hydrogens (tertiary/aromatic N) is 2. The van der Waals surface area contributed by atoms with Crippen LogP contribution in [-0.2, 0) is 11.3 Å². The van der Waals surface area contributed by atoms with Crippen molar-refractivity contribution in [3.8, 4) is 17.0 Å². The molecule has 178 valence electrons. The van der Waals surface area contributed by atoms with Crippen LogP contribution in [-0.4, -0.2) is 26.8 Å². The van der Waals surface area contributed by atoms with Gasteiger partial charge in [0, 0.05) is 41.3 Å². The van der Waals surface area contributed by atoms with Gasteiger partial charge in [-0.05, 0) is 37.1 Å². The van der Waals surface area contributed by atoms with Gasteiger partial charge in [-0.25, -0.2) is 9.18 Å². The lowest BCUT2D eigenvalue weighted by Crippen LogP contribution is -2.31. The summed E-state index contributed by atoms with van der Waals surface area (Å²) in [4.78, 5) is 25.0. The maximum atomic E-state index is 14.0. The normalized spacial score (nSPS) is 13.9. The molecule has 1 aliphatic rings. The summed E-state index contributed by atoms with van der Waals surface area (Å²) in [5.41, 5.74) is 2.57. The van der Waals surface area contributed by atoms with Crippen molar-refractivity contribution in [3.05, 3.63) is 65.6 Å². The number of anilines is 1. The van der Waals surface area contributed by atoms with Gasteiger partial charge in [-0.15, -0.1) is 0 Å². The Morgan fingerprint density at radius 3 is 2.56 bits per heavy atom. The molecule has 1 heterocycles. The predicted octanol–water partition coefficient (Wildman–Crippen LogP) is 5.40. The lowest BCUT2D eigenvalue weighted by Gasteiger charge is -2.12. The number of nitrogens with one attached hydrogen (secondary N) is 2. The zero-order chi connectivity index (χ0) is 24.2. The number of benzene rings is 2. The summed E-state index contributed by atoms with van der Waals surface area (Å²) in [5, 5.41) is 20.7. The molecule has 2 amide bonds.